The lowest BCUT2D eigenvalue weighted by Gasteiger charge is -2.12. The molecule has 0 amide bonds. The van der Waals surface area contributed by atoms with Gasteiger partial charge in [0.25, 0.3) is 0 Å². The van der Waals surface area contributed by atoms with Crippen molar-refractivity contribution >= 4 is 11.3 Å². The molecule has 3 nitrogen and oxygen atoms in total. The molecule has 1 aromatic carbocycles. The lowest BCUT2D eigenvalue weighted by Crippen LogP contribution is -2.00. The summed E-state index contributed by atoms with van der Waals surface area (Å²) >= 11 is 1.49. The average molecular weight is 253 g/mol. The van der Waals surface area contributed by atoms with Crippen molar-refractivity contribution in [3.8, 4) is 5.75 Å². The first kappa shape index (κ1) is 12.0. The number of aromatic nitrogens is 1. The molecule has 0 saturated heterocycles. The van der Waals surface area contributed by atoms with Crippen LogP contribution in [0.3, 0.4) is 0 Å². The maximum atomic E-state index is 13.0. The predicted octanol–water partition coefficient (Wildman–Crippen LogP) is 2.91. The van der Waals surface area contributed by atoms with Crippen molar-refractivity contribution in [3.63, 3.8) is 0 Å². The molecule has 2 rings (SSSR count). The number of aliphatic hydroxyl groups is 1. The van der Waals surface area contributed by atoms with Crippen molar-refractivity contribution in [3.05, 3.63) is 46.2 Å². The molecule has 1 heterocycles. The maximum Gasteiger partial charge on any atom is 0.125 e. The van der Waals surface area contributed by atoms with Gasteiger partial charge in [0, 0.05) is 11.8 Å². The summed E-state index contributed by atoms with van der Waals surface area (Å²) in [4.78, 5) is 4.91. The van der Waals surface area contributed by atoms with Crippen molar-refractivity contribution in [2.45, 2.75) is 19.6 Å². The number of halogens is 1. The van der Waals surface area contributed by atoms with E-state index in [9.17, 15) is 9.50 Å². The molecular formula is C12H12FNO2S. The molecule has 0 saturated carbocycles. The highest BCUT2D eigenvalue weighted by Crippen LogP contribution is 2.26. The summed E-state index contributed by atoms with van der Waals surface area (Å²) in [5, 5.41) is 9.53. The van der Waals surface area contributed by atoms with Crippen molar-refractivity contribution in [1.29, 1.82) is 0 Å². The molecule has 1 atom stereocenters. The molecule has 1 unspecified atom stereocenters. The Hall–Kier alpha value is -1.46. The Morgan fingerprint density at radius 3 is 3.00 bits per heavy atom. The van der Waals surface area contributed by atoms with Crippen molar-refractivity contribution in [1.82, 2.24) is 4.98 Å². The summed E-state index contributed by atoms with van der Waals surface area (Å²) in [7, 11) is 0. The van der Waals surface area contributed by atoms with Gasteiger partial charge in [-0.05, 0) is 25.1 Å². The van der Waals surface area contributed by atoms with Gasteiger partial charge in [0.2, 0.25) is 0 Å². The van der Waals surface area contributed by atoms with Gasteiger partial charge in [-0.2, -0.15) is 0 Å². The van der Waals surface area contributed by atoms with Gasteiger partial charge in [0.05, 0.1) is 16.5 Å². The summed E-state index contributed by atoms with van der Waals surface area (Å²) in [6.45, 7) is 1.95. The van der Waals surface area contributed by atoms with Crippen molar-refractivity contribution in [2.24, 2.45) is 0 Å². The molecule has 0 aliphatic rings. The standard InChI is InChI=1S/C12H12FNO2S/c1-8(15)11-4-9(13)2-3-12(11)16-6-10-5-14-7-17-10/h2-5,7-8,15H,6H2,1H3. The van der Waals surface area contributed by atoms with Gasteiger partial charge < -0.3 is 9.84 Å². The zero-order chi connectivity index (χ0) is 12.3. The van der Waals surface area contributed by atoms with Crippen LogP contribution in [0.15, 0.2) is 29.9 Å². The number of ether oxygens (including phenoxy) is 1. The molecule has 0 bridgehead atoms. The van der Waals surface area contributed by atoms with Gasteiger partial charge >= 0.3 is 0 Å². The lowest BCUT2D eigenvalue weighted by atomic mass is 10.1. The second-order valence-electron chi connectivity index (χ2n) is 3.61. The third-order valence-corrected chi connectivity index (χ3v) is 3.03. The number of hydrogen-bond donors (Lipinski definition) is 1. The van der Waals surface area contributed by atoms with Crippen LogP contribution in [0.1, 0.15) is 23.5 Å². The Morgan fingerprint density at radius 1 is 1.53 bits per heavy atom. The number of nitrogens with zero attached hydrogens (tertiary/aromatic N) is 1. The third kappa shape index (κ3) is 3.01. The fourth-order valence-corrected chi connectivity index (χ4v) is 1.95. The fraction of sp³-hybridized carbons (Fsp3) is 0.250. The molecule has 5 heteroatoms. The second-order valence-corrected chi connectivity index (χ2v) is 4.59. The largest absolute Gasteiger partial charge is 0.488 e. The van der Waals surface area contributed by atoms with Gasteiger partial charge in [-0.1, -0.05) is 0 Å². The van der Waals surface area contributed by atoms with Gasteiger partial charge in [-0.15, -0.1) is 11.3 Å². The Labute approximate surface area is 103 Å². The summed E-state index contributed by atoms with van der Waals surface area (Å²) in [6, 6.07) is 4.12. The van der Waals surface area contributed by atoms with E-state index in [1.165, 1.54) is 29.5 Å². The van der Waals surface area contributed by atoms with Crippen LogP contribution in [-0.4, -0.2) is 10.1 Å². The van der Waals surface area contributed by atoms with Gasteiger partial charge in [0.15, 0.2) is 0 Å². The molecule has 1 N–H and O–H groups in total. The number of aliphatic hydroxyl groups excluding tert-OH is 1. The smallest absolute Gasteiger partial charge is 0.125 e. The minimum atomic E-state index is -0.762. The van der Waals surface area contributed by atoms with E-state index in [1.807, 2.05) is 0 Å². The minimum Gasteiger partial charge on any atom is -0.488 e. The van der Waals surface area contributed by atoms with E-state index < -0.39 is 6.10 Å². The fourth-order valence-electron chi connectivity index (χ4n) is 1.44. The minimum absolute atomic E-state index is 0.371. The van der Waals surface area contributed by atoms with Crippen LogP contribution in [0.5, 0.6) is 5.75 Å². The van der Waals surface area contributed by atoms with E-state index in [4.69, 9.17) is 4.74 Å². The van der Waals surface area contributed by atoms with E-state index >= 15 is 0 Å². The lowest BCUT2D eigenvalue weighted by molar-refractivity contribution is 0.189. The van der Waals surface area contributed by atoms with Crippen LogP contribution in [0, 0.1) is 5.82 Å². The summed E-state index contributed by atoms with van der Waals surface area (Å²) < 4.78 is 18.6. The molecule has 0 fully saturated rings. The number of thiazole rings is 1. The molecule has 0 spiro atoms. The SMILES string of the molecule is CC(O)c1cc(F)ccc1OCc1cncs1. The molecule has 0 aliphatic carbocycles. The van der Waals surface area contributed by atoms with Crippen LogP contribution in [0.4, 0.5) is 4.39 Å². The van der Waals surface area contributed by atoms with E-state index in [2.05, 4.69) is 4.98 Å². The highest BCUT2D eigenvalue weighted by Gasteiger charge is 2.10. The van der Waals surface area contributed by atoms with Crippen LogP contribution in [0.2, 0.25) is 0 Å². The quantitative estimate of drug-likeness (QED) is 0.911. The first-order valence-electron chi connectivity index (χ1n) is 5.14. The zero-order valence-corrected chi connectivity index (χ0v) is 10.1. The van der Waals surface area contributed by atoms with Gasteiger partial charge in [0.1, 0.15) is 18.2 Å². The molecule has 0 radical (unpaired) electrons. The molecule has 2 aromatic rings. The summed E-state index contributed by atoms with van der Waals surface area (Å²) in [6.07, 6.45) is 0.957. The summed E-state index contributed by atoms with van der Waals surface area (Å²) in [5.74, 6) is 0.112. The van der Waals surface area contributed by atoms with Crippen LogP contribution >= 0.6 is 11.3 Å². The Morgan fingerprint density at radius 2 is 2.35 bits per heavy atom. The van der Waals surface area contributed by atoms with Crippen molar-refractivity contribution in [2.75, 3.05) is 0 Å². The Kier molecular flexibility index (Phi) is 3.71. The van der Waals surface area contributed by atoms with Crippen LogP contribution in [0.25, 0.3) is 0 Å². The monoisotopic (exact) mass is 253 g/mol. The number of benzene rings is 1. The second kappa shape index (κ2) is 5.25. The highest BCUT2D eigenvalue weighted by molar-refractivity contribution is 7.09. The summed E-state index contributed by atoms with van der Waals surface area (Å²) in [5.41, 5.74) is 2.17. The molecule has 17 heavy (non-hydrogen) atoms. The van der Waals surface area contributed by atoms with Gasteiger partial charge in [-0.3, -0.25) is 4.98 Å². The van der Waals surface area contributed by atoms with Crippen LogP contribution in [-0.2, 0) is 6.61 Å². The third-order valence-electron chi connectivity index (χ3n) is 2.28. The number of hydrogen-bond acceptors (Lipinski definition) is 4. The predicted molar refractivity (Wildman–Crippen MR) is 63.5 cm³/mol. The normalized spacial score (nSPS) is 12.4. The first-order chi connectivity index (χ1) is 8.16. The molecule has 0 aliphatic heterocycles. The number of rotatable bonds is 4. The van der Waals surface area contributed by atoms with Gasteiger partial charge in [-0.25, -0.2) is 4.39 Å². The van der Waals surface area contributed by atoms with Crippen molar-refractivity contribution < 1.29 is 14.2 Å². The molecular weight excluding hydrogens is 241 g/mol. The van der Waals surface area contributed by atoms with E-state index in [0.29, 0.717) is 17.9 Å². The maximum absolute atomic E-state index is 13.0. The highest BCUT2D eigenvalue weighted by atomic mass is 32.1. The molecule has 90 valence electrons. The average Bonchev–Trinajstić information content (AvgIpc) is 2.80. The van der Waals surface area contributed by atoms with E-state index in [-0.39, 0.29) is 5.82 Å². The topological polar surface area (TPSA) is 42.4 Å². The molecule has 1 aromatic heterocycles. The Balaban J connectivity index is 2.14. The van der Waals surface area contributed by atoms with E-state index in [1.54, 1.807) is 18.6 Å². The Bertz CT molecular complexity index is 485. The zero-order valence-electron chi connectivity index (χ0n) is 9.26. The van der Waals surface area contributed by atoms with E-state index in [0.717, 1.165) is 4.88 Å². The first-order valence-corrected chi connectivity index (χ1v) is 6.02. The van der Waals surface area contributed by atoms with Crippen LogP contribution < -0.4 is 4.74 Å².